The van der Waals surface area contributed by atoms with Crippen molar-refractivity contribution in [1.82, 2.24) is 5.32 Å². The number of ether oxygens (including phenoxy) is 3. The lowest BCUT2D eigenvalue weighted by Gasteiger charge is -2.16. The number of alkyl carbamates (subject to hydrolysis) is 1. The molecule has 0 saturated heterocycles. The number of amides is 1. The molecule has 0 saturated carbocycles. The summed E-state index contributed by atoms with van der Waals surface area (Å²) < 4.78 is 17.0. The quantitative estimate of drug-likeness (QED) is 0.367. The van der Waals surface area contributed by atoms with E-state index in [0.717, 1.165) is 21.2 Å². The Hall–Kier alpha value is -3.13. The van der Waals surface area contributed by atoms with Crippen LogP contribution in [0.15, 0.2) is 83.0 Å². The summed E-state index contributed by atoms with van der Waals surface area (Å²) in [6.07, 6.45) is -0.447. The number of methoxy groups -OCH3 is 1. The number of nitrogens with one attached hydrogen (secondary N) is 1. The highest BCUT2D eigenvalue weighted by molar-refractivity contribution is 9.10. The molecule has 0 aliphatic rings. The lowest BCUT2D eigenvalue weighted by molar-refractivity contribution is -0.0480. The number of hydrogen-bond acceptors (Lipinski definition) is 5. The predicted molar refractivity (Wildman–Crippen MR) is 130 cm³/mol. The maximum absolute atomic E-state index is 12.3. The molecule has 1 atom stereocenters. The molecular weight excluding hydrogens is 486 g/mol. The lowest BCUT2D eigenvalue weighted by Crippen LogP contribution is -2.31. The van der Waals surface area contributed by atoms with Crippen molar-refractivity contribution in [2.75, 3.05) is 7.11 Å². The van der Waals surface area contributed by atoms with E-state index < -0.39 is 12.4 Å². The van der Waals surface area contributed by atoms with E-state index >= 15 is 0 Å². The maximum Gasteiger partial charge on any atom is 0.411 e. The van der Waals surface area contributed by atoms with Gasteiger partial charge in [0.25, 0.3) is 0 Å². The molecule has 33 heavy (non-hydrogen) atoms. The highest BCUT2D eigenvalue weighted by Gasteiger charge is 2.16. The number of benzene rings is 3. The molecule has 1 unspecified atom stereocenters. The van der Waals surface area contributed by atoms with Gasteiger partial charge in [0.1, 0.15) is 19.0 Å². The van der Waals surface area contributed by atoms with E-state index in [-0.39, 0.29) is 12.3 Å². The highest BCUT2D eigenvalue weighted by Crippen LogP contribution is 2.29. The van der Waals surface area contributed by atoms with Gasteiger partial charge in [-0.3, -0.25) is 5.32 Å². The minimum Gasteiger partial charge on any atom is -0.489 e. The molecule has 6 nitrogen and oxygen atoms in total. The molecule has 0 fully saturated rings. The third-order valence-corrected chi connectivity index (χ3v) is 5.48. The van der Waals surface area contributed by atoms with E-state index in [0.29, 0.717) is 17.9 Å². The smallest absolute Gasteiger partial charge is 0.411 e. The molecule has 0 bridgehead atoms. The first kappa shape index (κ1) is 24.5. The van der Waals surface area contributed by atoms with Crippen molar-refractivity contribution < 1.29 is 24.1 Å². The number of aliphatic hydroxyl groups is 1. The summed E-state index contributed by atoms with van der Waals surface area (Å²) in [4.78, 5) is 12.3. The van der Waals surface area contributed by atoms with Crippen LogP contribution in [0.2, 0.25) is 0 Å². The standard InChI is InChI=1S/C26H26BrNO5/c1-18-13-22(27)21(15-24(18)32-16-19-9-5-3-6-10-19)14-23(25(29)31-2)28-26(30)33-17-20-11-7-4-8-12-20/h3-15,25,29H,16-17H2,1-2H3,(H,28,30)/b23-14-. The van der Waals surface area contributed by atoms with Crippen LogP contribution in [0.1, 0.15) is 22.3 Å². The van der Waals surface area contributed by atoms with Crippen LogP contribution in [0.3, 0.4) is 0 Å². The van der Waals surface area contributed by atoms with E-state index in [1.165, 1.54) is 7.11 Å². The first-order valence-electron chi connectivity index (χ1n) is 10.3. The molecule has 0 spiro atoms. The van der Waals surface area contributed by atoms with Crippen molar-refractivity contribution in [2.45, 2.75) is 26.4 Å². The molecule has 3 aromatic carbocycles. The summed E-state index contributed by atoms with van der Waals surface area (Å²) >= 11 is 3.54. The van der Waals surface area contributed by atoms with Gasteiger partial charge in [-0.15, -0.1) is 0 Å². The first-order chi connectivity index (χ1) is 16.0. The van der Waals surface area contributed by atoms with Crippen LogP contribution < -0.4 is 10.1 Å². The Morgan fingerprint density at radius 1 is 1.03 bits per heavy atom. The van der Waals surface area contributed by atoms with Crippen molar-refractivity contribution in [3.63, 3.8) is 0 Å². The van der Waals surface area contributed by atoms with Gasteiger partial charge in [-0.05, 0) is 47.4 Å². The molecule has 0 aromatic heterocycles. The van der Waals surface area contributed by atoms with E-state index in [2.05, 4.69) is 21.2 Å². The zero-order valence-electron chi connectivity index (χ0n) is 18.5. The van der Waals surface area contributed by atoms with Gasteiger partial charge in [-0.2, -0.15) is 0 Å². The summed E-state index contributed by atoms with van der Waals surface area (Å²) in [6, 6.07) is 22.9. The zero-order valence-corrected chi connectivity index (χ0v) is 20.0. The number of halogens is 1. The topological polar surface area (TPSA) is 77.0 Å². The second kappa shape index (κ2) is 12.2. The molecule has 172 valence electrons. The van der Waals surface area contributed by atoms with Gasteiger partial charge in [-0.1, -0.05) is 76.6 Å². The SMILES string of the molecule is COC(O)/C(=C/c1cc(OCc2ccccc2)c(C)cc1Br)NC(=O)OCc1ccccc1. The van der Waals surface area contributed by atoms with Crippen LogP contribution in [-0.4, -0.2) is 24.6 Å². The van der Waals surface area contributed by atoms with E-state index in [4.69, 9.17) is 14.2 Å². The molecule has 7 heteroatoms. The largest absolute Gasteiger partial charge is 0.489 e. The van der Waals surface area contributed by atoms with E-state index in [9.17, 15) is 9.90 Å². The first-order valence-corrected chi connectivity index (χ1v) is 11.1. The Kier molecular flexibility index (Phi) is 9.06. The monoisotopic (exact) mass is 511 g/mol. The molecule has 0 aliphatic heterocycles. The van der Waals surface area contributed by atoms with Crippen LogP contribution in [0.4, 0.5) is 4.79 Å². The van der Waals surface area contributed by atoms with Crippen LogP contribution in [0.5, 0.6) is 5.75 Å². The summed E-state index contributed by atoms with van der Waals surface area (Å²) in [6.45, 7) is 2.47. The number of carbonyl (C=O) groups excluding carboxylic acids is 1. The van der Waals surface area contributed by atoms with Crippen LogP contribution >= 0.6 is 15.9 Å². The third kappa shape index (κ3) is 7.46. The van der Waals surface area contributed by atoms with Crippen molar-refractivity contribution in [3.8, 4) is 5.75 Å². The van der Waals surface area contributed by atoms with Gasteiger partial charge < -0.3 is 19.3 Å². The van der Waals surface area contributed by atoms with Gasteiger partial charge in [0.15, 0.2) is 6.29 Å². The molecule has 2 N–H and O–H groups in total. The number of aryl methyl sites for hydroxylation is 1. The molecule has 3 aromatic rings. The van der Waals surface area contributed by atoms with Crippen LogP contribution in [0, 0.1) is 6.92 Å². The molecule has 0 radical (unpaired) electrons. The van der Waals surface area contributed by atoms with Crippen molar-refractivity contribution in [3.05, 3.63) is 105 Å². The second-order valence-electron chi connectivity index (χ2n) is 7.29. The number of carbonyl (C=O) groups is 1. The van der Waals surface area contributed by atoms with Gasteiger partial charge in [0.2, 0.25) is 0 Å². The Morgan fingerprint density at radius 3 is 2.24 bits per heavy atom. The highest BCUT2D eigenvalue weighted by atomic mass is 79.9. The van der Waals surface area contributed by atoms with E-state index in [1.807, 2.05) is 79.7 Å². The zero-order chi connectivity index (χ0) is 23.6. The minimum atomic E-state index is -1.35. The average Bonchev–Trinajstić information content (AvgIpc) is 2.84. The average molecular weight is 512 g/mol. The Morgan fingerprint density at radius 2 is 1.64 bits per heavy atom. The van der Waals surface area contributed by atoms with Gasteiger partial charge in [-0.25, -0.2) is 4.79 Å². The summed E-state index contributed by atoms with van der Waals surface area (Å²) in [5.74, 6) is 0.686. The fourth-order valence-electron chi connectivity index (χ4n) is 3.01. The number of rotatable bonds is 9. The molecular formula is C26H26BrNO5. The van der Waals surface area contributed by atoms with Crippen molar-refractivity contribution in [2.24, 2.45) is 0 Å². The Labute approximate surface area is 201 Å². The Bertz CT molecular complexity index is 1090. The fourth-order valence-corrected chi connectivity index (χ4v) is 3.58. The van der Waals surface area contributed by atoms with Crippen molar-refractivity contribution in [1.29, 1.82) is 0 Å². The number of aliphatic hydroxyl groups excluding tert-OH is 1. The predicted octanol–water partition coefficient (Wildman–Crippen LogP) is 5.57. The minimum absolute atomic E-state index is 0.106. The van der Waals surface area contributed by atoms with Crippen LogP contribution in [0.25, 0.3) is 6.08 Å². The van der Waals surface area contributed by atoms with Gasteiger partial charge in [0.05, 0.1) is 5.70 Å². The molecule has 0 aliphatic carbocycles. The van der Waals surface area contributed by atoms with Crippen molar-refractivity contribution >= 4 is 28.1 Å². The molecule has 3 rings (SSSR count). The second-order valence-corrected chi connectivity index (χ2v) is 8.14. The third-order valence-electron chi connectivity index (χ3n) is 4.79. The molecule has 1 amide bonds. The summed E-state index contributed by atoms with van der Waals surface area (Å²) in [5.41, 5.74) is 3.67. The van der Waals surface area contributed by atoms with E-state index in [1.54, 1.807) is 6.08 Å². The van der Waals surface area contributed by atoms with Crippen LogP contribution in [-0.2, 0) is 22.7 Å². The fraction of sp³-hybridized carbons (Fsp3) is 0.192. The van der Waals surface area contributed by atoms with Gasteiger partial charge in [0, 0.05) is 11.6 Å². The normalized spacial score (nSPS) is 12.2. The molecule has 0 heterocycles. The lowest BCUT2D eigenvalue weighted by atomic mass is 10.1. The maximum atomic E-state index is 12.3. The Balaban J connectivity index is 1.76. The summed E-state index contributed by atoms with van der Waals surface area (Å²) in [7, 11) is 1.34. The van der Waals surface area contributed by atoms with Gasteiger partial charge >= 0.3 is 6.09 Å². The number of hydrogen-bond donors (Lipinski definition) is 2. The summed E-state index contributed by atoms with van der Waals surface area (Å²) in [5, 5.41) is 12.8.